The first-order valence-electron chi connectivity index (χ1n) is 8.74. The van der Waals surface area contributed by atoms with Crippen molar-refractivity contribution in [3.8, 4) is 5.82 Å². The van der Waals surface area contributed by atoms with E-state index in [1.807, 2.05) is 24.6 Å². The first-order chi connectivity index (χ1) is 11.1. The zero-order valence-corrected chi connectivity index (χ0v) is 14.7. The summed E-state index contributed by atoms with van der Waals surface area (Å²) in [5.41, 5.74) is 2.08. The molecule has 0 bridgehead atoms. The quantitative estimate of drug-likeness (QED) is 0.844. The number of anilines is 1. The molecule has 3 heterocycles. The lowest BCUT2D eigenvalue weighted by molar-refractivity contribution is 0.419. The van der Waals surface area contributed by atoms with Gasteiger partial charge in [-0.05, 0) is 57.2 Å². The van der Waals surface area contributed by atoms with E-state index in [4.69, 9.17) is 0 Å². The lowest BCUT2D eigenvalue weighted by Gasteiger charge is -2.30. The molecule has 5 nitrogen and oxygen atoms in total. The van der Waals surface area contributed by atoms with Crippen LogP contribution in [0.4, 0.5) is 5.82 Å². The highest BCUT2D eigenvalue weighted by molar-refractivity contribution is 5.42. The molecule has 0 saturated carbocycles. The van der Waals surface area contributed by atoms with Crippen molar-refractivity contribution in [2.75, 3.05) is 11.4 Å². The number of aromatic nitrogens is 4. The Balaban J connectivity index is 1.80. The molecule has 5 heteroatoms. The van der Waals surface area contributed by atoms with Gasteiger partial charge in [0, 0.05) is 18.3 Å². The highest BCUT2D eigenvalue weighted by Crippen LogP contribution is 2.30. The fraction of sp³-hybridized carbons (Fsp3) is 0.611. The van der Waals surface area contributed by atoms with E-state index in [1.165, 1.54) is 25.7 Å². The van der Waals surface area contributed by atoms with Gasteiger partial charge in [-0.15, -0.1) is 10.2 Å². The molecule has 0 N–H and O–H groups in total. The van der Waals surface area contributed by atoms with Crippen LogP contribution in [0, 0.1) is 19.8 Å². The smallest absolute Gasteiger partial charge is 0.176 e. The van der Waals surface area contributed by atoms with Gasteiger partial charge in [0.2, 0.25) is 0 Å². The normalized spacial score (nSPS) is 19.3. The van der Waals surface area contributed by atoms with Crippen LogP contribution < -0.4 is 4.90 Å². The molecular weight excluding hydrogens is 286 g/mol. The molecule has 0 aliphatic carbocycles. The topological polar surface area (TPSA) is 46.8 Å². The third kappa shape index (κ3) is 3.23. The van der Waals surface area contributed by atoms with Crippen LogP contribution in [0.3, 0.4) is 0 Å². The summed E-state index contributed by atoms with van der Waals surface area (Å²) in [6, 6.07) is 6.78. The SMILES string of the molecule is CCCC(C)C1CCCN1c1ccc(-n2nc(C)cc2C)nn1. The molecule has 2 aromatic heterocycles. The molecule has 2 unspecified atom stereocenters. The lowest BCUT2D eigenvalue weighted by Crippen LogP contribution is -2.35. The maximum absolute atomic E-state index is 4.50. The van der Waals surface area contributed by atoms with Gasteiger partial charge in [0.1, 0.15) is 0 Å². The van der Waals surface area contributed by atoms with E-state index in [9.17, 15) is 0 Å². The average molecular weight is 313 g/mol. The van der Waals surface area contributed by atoms with E-state index in [-0.39, 0.29) is 0 Å². The number of hydrogen-bond donors (Lipinski definition) is 0. The zero-order chi connectivity index (χ0) is 16.4. The first-order valence-corrected chi connectivity index (χ1v) is 8.74. The number of nitrogens with zero attached hydrogens (tertiary/aromatic N) is 5. The molecule has 1 fully saturated rings. The van der Waals surface area contributed by atoms with Crippen LogP contribution in [0.1, 0.15) is 50.9 Å². The zero-order valence-electron chi connectivity index (χ0n) is 14.7. The molecule has 2 aromatic rings. The summed E-state index contributed by atoms with van der Waals surface area (Å²) in [4.78, 5) is 2.44. The van der Waals surface area contributed by atoms with Crippen LogP contribution in [-0.4, -0.2) is 32.6 Å². The summed E-state index contributed by atoms with van der Waals surface area (Å²) < 4.78 is 1.85. The molecule has 1 saturated heterocycles. The Morgan fingerprint density at radius 1 is 1.22 bits per heavy atom. The molecule has 0 amide bonds. The minimum atomic E-state index is 0.601. The van der Waals surface area contributed by atoms with E-state index in [0.29, 0.717) is 12.0 Å². The molecule has 3 rings (SSSR count). The number of rotatable bonds is 5. The fourth-order valence-corrected chi connectivity index (χ4v) is 3.76. The largest absolute Gasteiger partial charge is 0.352 e. The van der Waals surface area contributed by atoms with Crippen molar-refractivity contribution in [2.45, 2.75) is 59.4 Å². The number of aryl methyl sites for hydroxylation is 2. The molecular formula is C18H27N5. The lowest BCUT2D eigenvalue weighted by atomic mass is 9.95. The average Bonchev–Trinajstić information content (AvgIpc) is 3.14. The third-order valence-electron chi connectivity index (χ3n) is 4.86. The molecule has 0 radical (unpaired) electrons. The van der Waals surface area contributed by atoms with Crippen molar-refractivity contribution in [3.63, 3.8) is 0 Å². The summed E-state index contributed by atoms with van der Waals surface area (Å²) >= 11 is 0. The van der Waals surface area contributed by atoms with Gasteiger partial charge in [0.25, 0.3) is 0 Å². The van der Waals surface area contributed by atoms with Crippen molar-refractivity contribution in [2.24, 2.45) is 5.92 Å². The van der Waals surface area contributed by atoms with Crippen molar-refractivity contribution in [3.05, 3.63) is 29.6 Å². The monoisotopic (exact) mass is 313 g/mol. The predicted molar refractivity (Wildman–Crippen MR) is 93.1 cm³/mol. The predicted octanol–water partition coefficient (Wildman–Crippen LogP) is 3.68. The van der Waals surface area contributed by atoms with E-state index < -0.39 is 0 Å². The van der Waals surface area contributed by atoms with Crippen molar-refractivity contribution in [1.82, 2.24) is 20.0 Å². The summed E-state index contributed by atoms with van der Waals surface area (Å²) in [6.07, 6.45) is 5.04. The van der Waals surface area contributed by atoms with Crippen molar-refractivity contribution >= 4 is 5.82 Å². The molecule has 2 atom stereocenters. The second-order valence-electron chi connectivity index (χ2n) is 6.76. The second kappa shape index (κ2) is 6.69. The molecule has 0 spiro atoms. The van der Waals surface area contributed by atoms with Crippen molar-refractivity contribution < 1.29 is 0 Å². The highest BCUT2D eigenvalue weighted by Gasteiger charge is 2.29. The van der Waals surface area contributed by atoms with Crippen molar-refractivity contribution in [1.29, 1.82) is 0 Å². The maximum atomic E-state index is 4.50. The summed E-state index contributed by atoms with van der Waals surface area (Å²) in [6.45, 7) is 9.75. The van der Waals surface area contributed by atoms with Gasteiger partial charge < -0.3 is 4.90 Å². The highest BCUT2D eigenvalue weighted by atomic mass is 15.4. The third-order valence-corrected chi connectivity index (χ3v) is 4.86. The minimum absolute atomic E-state index is 0.601. The van der Waals surface area contributed by atoms with Crippen LogP contribution in [-0.2, 0) is 0 Å². The summed E-state index contributed by atoms with van der Waals surface area (Å²) in [5.74, 6) is 2.50. The Morgan fingerprint density at radius 2 is 1.96 bits per heavy atom. The molecule has 1 aliphatic heterocycles. The van der Waals surface area contributed by atoms with Gasteiger partial charge in [0.15, 0.2) is 11.6 Å². The van der Waals surface area contributed by atoms with E-state index in [2.05, 4.69) is 46.2 Å². The Kier molecular flexibility index (Phi) is 4.64. The Morgan fingerprint density at radius 3 is 2.57 bits per heavy atom. The van der Waals surface area contributed by atoms with Gasteiger partial charge in [-0.25, -0.2) is 4.68 Å². The summed E-state index contributed by atoms with van der Waals surface area (Å²) in [7, 11) is 0. The molecule has 1 aliphatic rings. The second-order valence-corrected chi connectivity index (χ2v) is 6.76. The Bertz CT molecular complexity index is 646. The van der Waals surface area contributed by atoms with Gasteiger partial charge in [-0.3, -0.25) is 0 Å². The van der Waals surface area contributed by atoms with Crippen LogP contribution in [0.25, 0.3) is 5.82 Å². The van der Waals surface area contributed by atoms with Crippen LogP contribution in [0.15, 0.2) is 18.2 Å². The molecule has 124 valence electrons. The molecule has 0 aromatic carbocycles. The standard InChI is InChI=1S/C18H27N5/c1-5-7-13(2)16-8-6-11-22(16)17-9-10-18(20-19-17)23-15(4)12-14(3)21-23/h9-10,12-13,16H,5-8,11H2,1-4H3. The maximum Gasteiger partial charge on any atom is 0.176 e. The van der Waals surface area contributed by atoms with Crippen LogP contribution >= 0.6 is 0 Å². The van der Waals surface area contributed by atoms with Gasteiger partial charge in [-0.1, -0.05) is 20.3 Å². The number of hydrogen-bond acceptors (Lipinski definition) is 4. The van der Waals surface area contributed by atoms with Gasteiger partial charge >= 0.3 is 0 Å². The van der Waals surface area contributed by atoms with Gasteiger partial charge in [0.05, 0.1) is 5.69 Å². The minimum Gasteiger partial charge on any atom is -0.352 e. The molecule has 23 heavy (non-hydrogen) atoms. The Labute approximate surface area is 138 Å². The Hall–Kier alpha value is -1.91. The van der Waals surface area contributed by atoms with Crippen LogP contribution in [0.5, 0.6) is 0 Å². The van der Waals surface area contributed by atoms with E-state index in [1.54, 1.807) is 0 Å². The van der Waals surface area contributed by atoms with Crippen LogP contribution in [0.2, 0.25) is 0 Å². The summed E-state index contributed by atoms with van der Waals surface area (Å²) in [5, 5.41) is 13.4. The van der Waals surface area contributed by atoms with E-state index >= 15 is 0 Å². The van der Waals surface area contributed by atoms with E-state index in [0.717, 1.165) is 29.6 Å². The first kappa shape index (κ1) is 16.0. The van der Waals surface area contributed by atoms with Gasteiger partial charge in [-0.2, -0.15) is 5.10 Å². The fourth-order valence-electron chi connectivity index (χ4n) is 3.76.